The zero-order chi connectivity index (χ0) is 15.9. The van der Waals surface area contributed by atoms with Crippen LogP contribution in [0.1, 0.15) is 5.56 Å². The Hall–Kier alpha value is -2.37. The van der Waals surface area contributed by atoms with Crippen molar-refractivity contribution < 1.29 is 9.53 Å². The second kappa shape index (κ2) is 7.59. The molecule has 0 radical (unpaired) electrons. The van der Waals surface area contributed by atoms with Crippen molar-refractivity contribution >= 4 is 40.2 Å². The van der Waals surface area contributed by atoms with Crippen LogP contribution in [0.5, 0.6) is 5.75 Å². The van der Waals surface area contributed by atoms with Gasteiger partial charge in [0.05, 0.1) is 7.11 Å². The quantitative estimate of drug-likeness (QED) is 0.392. The van der Waals surface area contributed by atoms with E-state index >= 15 is 0 Å². The van der Waals surface area contributed by atoms with Crippen molar-refractivity contribution in [1.82, 2.24) is 10.2 Å². The minimum Gasteiger partial charge on any atom is -0.496 e. The van der Waals surface area contributed by atoms with E-state index in [0.29, 0.717) is 16.4 Å². The zero-order valence-electron chi connectivity index (χ0n) is 11.9. The Kier molecular flexibility index (Phi) is 5.52. The summed E-state index contributed by atoms with van der Waals surface area (Å²) in [6.07, 6.45) is 3.35. The Morgan fingerprint density at radius 1 is 1.45 bits per heavy atom. The van der Waals surface area contributed by atoms with Crippen LogP contribution in [-0.2, 0) is 4.79 Å². The molecule has 1 amide bonds. The third kappa shape index (κ3) is 3.84. The fourth-order valence-electron chi connectivity index (χ4n) is 1.60. The number of rotatable bonds is 5. The third-order valence-corrected chi connectivity index (χ3v) is 4.42. The summed E-state index contributed by atoms with van der Waals surface area (Å²) in [6.45, 7) is 0. The SMILES string of the molecule is COc1ccccc1/C=C(\C#N)C(=O)Nc1nnc(SC)s1. The first-order valence-corrected chi connectivity index (χ1v) is 8.15. The summed E-state index contributed by atoms with van der Waals surface area (Å²) in [4.78, 5) is 12.1. The van der Waals surface area contributed by atoms with Crippen LogP contribution >= 0.6 is 23.1 Å². The largest absolute Gasteiger partial charge is 0.496 e. The van der Waals surface area contributed by atoms with Crippen LogP contribution in [-0.4, -0.2) is 29.5 Å². The molecule has 1 heterocycles. The van der Waals surface area contributed by atoms with Gasteiger partial charge in [-0.2, -0.15) is 5.26 Å². The fraction of sp³-hybridized carbons (Fsp3) is 0.143. The second-order valence-electron chi connectivity index (χ2n) is 3.94. The highest BCUT2D eigenvalue weighted by molar-refractivity contribution is 8.00. The molecule has 0 unspecified atom stereocenters. The van der Waals surface area contributed by atoms with E-state index in [-0.39, 0.29) is 5.57 Å². The van der Waals surface area contributed by atoms with E-state index in [1.807, 2.05) is 18.4 Å². The molecule has 1 aromatic heterocycles. The predicted molar refractivity (Wildman–Crippen MR) is 86.9 cm³/mol. The van der Waals surface area contributed by atoms with Crippen LogP contribution in [0.4, 0.5) is 5.13 Å². The standard InChI is InChI=1S/C14H12N4O2S2/c1-20-11-6-4-3-5-9(11)7-10(8-15)12(19)16-13-17-18-14(21-2)22-13/h3-7H,1-2H3,(H,16,17,19)/b10-7+. The molecule has 8 heteroatoms. The molecular formula is C14H12N4O2S2. The summed E-state index contributed by atoms with van der Waals surface area (Å²) in [5.74, 6) is 0.0563. The van der Waals surface area contributed by atoms with E-state index in [4.69, 9.17) is 4.74 Å². The first-order chi connectivity index (χ1) is 10.7. The number of thioether (sulfide) groups is 1. The number of carbonyl (C=O) groups is 1. The van der Waals surface area contributed by atoms with Crippen LogP contribution < -0.4 is 10.1 Å². The van der Waals surface area contributed by atoms with Crippen molar-refractivity contribution in [2.24, 2.45) is 0 Å². The average Bonchev–Trinajstić information content (AvgIpc) is 3.00. The molecule has 0 atom stereocenters. The molecule has 6 nitrogen and oxygen atoms in total. The number of para-hydroxylation sites is 1. The maximum atomic E-state index is 12.1. The number of methoxy groups -OCH3 is 1. The van der Waals surface area contributed by atoms with Crippen LogP contribution in [0.3, 0.4) is 0 Å². The van der Waals surface area contributed by atoms with E-state index < -0.39 is 5.91 Å². The number of hydrogen-bond acceptors (Lipinski definition) is 7. The number of nitriles is 1. The van der Waals surface area contributed by atoms with Gasteiger partial charge in [-0.15, -0.1) is 10.2 Å². The normalized spacial score (nSPS) is 10.9. The summed E-state index contributed by atoms with van der Waals surface area (Å²) in [5.41, 5.74) is 0.615. The third-order valence-electron chi connectivity index (χ3n) is 2.61. The number of aromatic nitrogens is 2. The maximum Gasteiger partial charge on any atom is 0.268 e. The maximum absolute atomic E-state index is 12.1. The van der Waals surface area contributed by atoms with Gasteiger partial charge in [0.1, 0.15) is 17.4 Å². The van der Waals surface area contributed by atoms with Gasteiger partial charge in [-0.25, -0.2) is 0 Å². The molecule has 22 heavy (non-hydrogen) atoms. The lowest BCUT2D eigenvalue weighted by atomic mass is 10.1. The van der Waals surface area contributed by atoms with E-state index in [2.05, 4.69) is 15.5 Å². The summed E-state index contributed by atoms with van der Waals surface area (Å²) < 4.78 is 5.94. The van der Waals surface area contributed by atoms with Crippen LogP contribution in [0, 0.1) is 11.3 Å². The van der Waals surface area contributed by atoms with E-state index in [9.17, 15) is 10.1 Å². The molecule has 1 N–H and O–H groups in total. The fourth-order valence-corrected chi connectivity index (χ4v) is 2.76. The average molecular weight is 332 g/mol. The Labute approximate surface area is 135 Å². The molecule has 0 aliphatic rings. The number of amides is 1. The molecule has 0 saturated heterocycles. The highest BCUT2D eigenvalue weighted by Gasteiger charge is 2.13. The van der Waals surface area contributed by atoms with Crippen molar-refractivity contribution in [2.45, 2.75) is 4.34 Å². The first kappa shape index (κ1) is 16.0. The van der Waals surface area contributed by atoms with Gasteiger partial charge in [-0.1, -0.05) is 41.3 Å². The van der Waals surface area contributed by atoms with Crippen molar-refractivity contribution in [3.8, 4) is 11.8 Å². The number of hydrogen-bond donors (Lipinski definition) is 1. The zero-order valence-corrected chi connectivity index (χ0v) is 13.5. The van der Waals surface area contributed by atoms with Crippen LogP contribution in [0.2, 0.25) is 0 Å². The van der Waals surface area contributed by atoms with E-state index in [1.165, 1.54) is 36.3 Å². The van der Waals surface area contributed by atoms with Crippen LogP contribution in [0.25, 0.3) is 6.08 Å². The van der Waals surface area contributed by atoms with Gasteiger partial charge < -0.3 is 4.74 Å². The molecule has 1 aromatic carbocycles. The smallest absolute Gasteiger partial charge is 0.268 e. The molecule has 2 aromatic rings. The molecule has 2 rings (SSSR count). The van der Waals surface area contributed by atoms with Gasteiger partial charge in [-0.3, -0.25) is 10.1 Å². The molecule has 0 aliphatic carbocycles. The Balaban J connectivity index is 2.22. The van der Waals surface area contributed by atoms with Crippen molar-refractivity contribution in [3.63, 3.8) is 0 Å². The van der Waals surface area contributed by atoms with Crippen molar-refractivity contribution in [3.05, 3.63) is 35.4 Å². The lowest BCUT2D eigenvalue weighted by molar-refractivity contribution is -0.112. The summed E-state index contributed by atoms with van der Waals surface area (Å²) >= 11 is 2.69. The summed E-state index contributed by atoms with van der Waals surface area (Å²) in [6, 6.07) is 9.02. The van der Waals surface area contributed by atoms with E-state index in [1.54, 1.807) is 18.2 Å². The Morgan fingerprint density at radius 3 is 2.86 bits per heavy atom. The molecule has 0 bridgehead atoms. The number of benzene rings is 1. The van der Waals surface area contributed by atoms with Gasteiger partial charge >= 0.3 is 0 Å². The van der Waals surface area contributed by atoms with Crippen molar-refractivity contribution in [2.75, 3.05) is 18.7 Å². The number of nitrogens with one attached hydrogen (secondary N) is 1. The highest BCUT2D eigenvalue weighted by atomic mass is 32.2. The minimum absolute atomic E-state index is 0.0367. The lowest BCUT2D eigenvalue weighted by Gasteiger charge is -2.04. The molecule has 0 fully saturated rings. The van der Waals surface area contributed by atoms with Gasteiger partial charge in [0.15, 0.2) is 4.34 Å². The first-order valence-electron chi connectivity index (χ1n) is 6.11. The number of nitrogens with zero attached hydrogens (tertiary/aromatic N) is 3. The Morgan fingerprint density at radius 2 is 2.23 bits per heavy atom. The summed E-state index contributed by atoms with van der Waals surface area (Å²) in [7, 11) is 1.53. The number of carbonyl (C=O) groups excluding carboxylic acids is 1. The molecule has 112 valence electrons. The molecule has 0 saturated carbocycles. The van der Waals surface area contributed by atoms with Gasteiger partial charge in [0.25, 0.3) is 5.91 Å². The monoisotopic (exact) mass is 332 g/mol. The van der Waals surface area contributed by atoms with E-state index in [0.717, 1.165) is 4.34 Å². The topological polar surface area (TPSA) is 87.9 Å². The number of anilines is 1. The summed E-state index contributed by atoms with van der Waals surface area (Å²) in [5, 5.41) is 19.8. The second-order valence-corrected chi connectivity index (χ2v) is 5.97. The molecular weight excluding hydrogens is 320 g/mol. The molecule has 0 aliphatic heterocycles. The van der Waals surface area contributed by atoms with Crippen LogP contribution in [0.15, 0.2) is 34.2 Å². The highest BCUT2D eigenvalue weighted by Crippen LogP contribution is 2.24. The Bertz CT molecular complexity index is 749. The lowest BCUT2D eigenvalue weighted by Crippen LogP contribution is -2.13. The minimum atomic E-state index is -0.530. The van der Waals surface area contributed by atoms with Crippen molar-refractivity contribution in [1.29, 1.82) is 5.26 Å². The van der Waals surface area contributed by atoms with Gasteiger partial charge in [0.2, 0.25) is 5.13 Å². The molecule has 0 spiro atoms. The van der Waals surface area contributed by atoms with Gasteiger partial charge in [-0.05, 0) is 18.4 Å². The van der Waals surface area contributed by atoms with Gasteiger partial charge in [0, 0.05) is 5.56 Å². The number of ether oxygens (including phenoxy) is 1. The predicted octanol–water partition coefficient (Wildman–Crippen LogP) is 2.81.